The lowest BCUT2D eigenvalue weighted by Gasteiger charge is -2.16. The van der Waals surface area contributed by atoms with Crippen molar-refractivity contribution >= 4 is 16.0 Å². The van der Waals surface area contributed by atoms with Crippen molar-refractivity contribution in [2.75, 3.05) is 0 Å². The van der Waals surface area contributed by atoms with E-state index >= 15 is 0 Å². The Hall–Kier alpha value is -1.98. The molecule has 114 valence electrons. The van der Waals surface area contributed by atoms with E-state index in [9.17, 15) is 13.2 Å². The summed E-state index contributed by atoms with van der Waals surface area (Å²) in [6.45, 7) is 5.18. The van der Waals surface area contributed by atoms with Crippen molar-refractivity contribution in [1.82, 2.24) is 9.71 Å². The fourth-order valence-electron chi connectivity index (χ4n) is 1.70. The van der Waals surface area contributed by atoms with Crippen LogP contribution in [-0.4, -0.2) is 30.5 Å². The first-order chi connectivity index (χ1) is 9.67. The molecule has 0 aliphatic heterocycles. The van der Waals surface area contributed by atoms with Gasteiger partial charge < -0.3 is 5.11 Å². The number of carbonyl (C=O) groups is 1. The monoisotopic (exact) mass is 311 g/mol. The first kappa shape index (κ1) is 17.1. The first-order valence-electron chi connectivity index (χ1n) is 6.29. The molecule has 0 saturated heterocycles. The summed E-state index contributed by atoms with van der Waals surface area (Å²) >= 11 is 0. The number of rotatable bonds is 6. The van der Waals surface area contributed by atoms with Crippen molar-refractivity contribution in [2.45, 2.75) is 38.1 Å². The Morgan fingerprint density at radius 1 is 1.52 bits per heavy atom. The average molecular weight is 311 g/mol. The lowest BCUT2D eigenvalue weighted by molar-refractivity contribution is -0.139. The van der Waals surface area contributed by atoms with Gasteiger partial charge in [-0.2, -0.15) is 9.98 Å². The van der Waals surface area contributed by atoms with Gasteiger partial charge in [0.05, 0.1) is 11.3 Å². The molecular formula is C13H17N3O4S. The van der Waals surface area contributed by atoms with Gasteiger partial charge in [-0.05, 0) is 25.3 Å². The van der Waals surface area contributed by atoms with Crippen LogP contribution in [0.5, 0.6) is 0 Å². The number of nitrogens with one attached hydrogen (secondary N) is 1. The molecule has 1 heterocycles. The Bertz CT molecular complexity index is 677. The van der Waals surface area contributed by atoms with Gasteiger partial charge >= 0.3 is 5.97 Å². The second kappa shape index (κ2) is 6.65. The number of pyridine rings is 1. The minimum Gasteiger partial charge on any atom is -0.480 e. The number of nitrogens with zero attached hydrogens (tertiary/aromatic N) is 2. The number of hydrogen-bond acceptors (Lipinski definition) is 5. The molecule has 1 atom stereocenters. The van der Waals surface area contributed by atoms with E-state index in [0.29, 0.717) is 5.69 Å². The molecule has 1 rings (SSSR count). The minimum absolute atomic E-state index is 0.0135. The Labute approximate surface area is 123 Å². The summed E-state index contributed by atoms with van der Waals surface area (Å²) in [6.07, 6.45) is 1.27. The largest absolute Gasteiger partial charge is 0.480 e. The molecule has 0 saturated carbocycles. The SMILES string of the molecule is Cc1ncc(S(=O)(=O)N[C@@H](CC(C)C)C(=O)O)cc1C#N. The van der Waals surface area contributed by atoms with Crippen LogP contribution in [0.3, 0.4) is 0 Å². The van der Waals surface area contributed by atoms with E-state index in [2.05, 4.69) is 9.71 Å². The molecule has 2 N–H and O–H groups in total. The van der Waals surface area contributed by atoms with Crippen molar-refractivity contribution < 1.29 is 18.3 Å². The van der Waals surface area contributed by atoms with Gasteiger partial charge in [-0.1, -0.05) is 13.8 Å². The number of sulfonamides is 1. The van der Waals surface area contributed by atoms with Crippen molar-refractivity contribution in [3.05, 3.63) is 23.5 Å². The van der Waals surface area contributed by atoms with Crippen molar-refractivity contribution in [1.29, 1.82) is 5.26 Å². The normalized spacial score (nSPS) is 12.9. The van der Waals surface area contributed by atoms with Crippen molar-refractivity contribution in [2.24, 2.45) is 5.92 Å². The third-order valence-corrected chi connectivity index (χ3v) is 4.23. The highest BCUT2D eigenvalue weighted by atomic mass is 32.2. The third-order valence-electron chi connectivity index (χ3n) is 2.80. The Balaban J connectivity index is 3.11. The highest BCUT2D eigenvalue weighted by Gasteiger charge is 2.26. The van der Waals surface area contributed by atoms with Gasteiger partial charge in [0.25, 0.3) is 0 Å². The molecule has 21 heavy (non-hydrogen) atoms. The van der Waals surface area contributed by atoms with Crippen LogP contribution < -0.4 is 4.72 Å². The van der Waals surface area contributed by atoms with E-state index < -0.39 is 22.0 Å². The Kier molecular flexibility index (Phi) is 5.41. The maximum absolute atomic E-state index is 12.2. The summed E-state index contributed by atoms with van der Waals surface area (Å²) in [7, 11) is -4.04. The summed E-state index contributed by atoms with van der Waals surface area (Å²) in [4.78, 5) is 14.7. The van der Waals surface area contributed by atoms with E-state index in [1.165, 1.54) is 6.07 Å². The Morgan fingerprint density at radius 2 is 2.14 bits per heavy atom. The molecule has 1 aromatic heterocycles. The van der Waals surface area contributed by atoms with Crippen LogP contribution in [0.2, 0.25) is 0 Å². The number of carboxylic acid groups (broad SMARTS) is 1. The molecule has 0 fully saturated rings. The fourth-order valence-corrected chi connectivity index (χ4v) is 2.87. The molecular weight excluding hydrogens is 294 g/mol. The van der Waals surface area contributed by atoms with Gasteiger partial charge in [0, 0.05) is 6.20 Å². The van der Waals surface area contributed by atoms with Crippen molar-refractivity contribution in [3.8, 4) is 6.07 Å². The summed E-state index contributed by atoms with van der Waals surface area (Å²) in [5.74, 6) is -1.23. The Morgan fingerprint density at radius 3 is 2.62 bits per heavy atom. The molecule has 0 unspecified atom stereocenters. The third kappa shape index (κ3) is 4.51. The number of aromatic nitrogens is 1. The van der Waals surface area contributed by atoms with E-state index in [4.69, 9.17) is 10.4 Å². The van der Waals surface area contributed by atoms with Crippen LogP contribution >= 0.6 is 0 Å². The highest BCUT2D eigenvalue weighted by molar-refractivity contribution is 7.89. The zero-order valence-electron chi connectivity index (χ0n) is 12.0. The van der Waals surface area contributed by atoms with Crippen LogP contribution in [0.4, 0.5) is 0 Å². The second-order valence-corrected chi connectivity index (χ2v) is 6.77. The molecule has 0 amide bonds. The van der Waals surface area contributed by atoms with Crippen LogP contribution in [-0.2, 0) is 14.8 Å². The highest BCUT2D eigenvalue weighted by Crippen LogP contribution is 2.14. The van der Waals surface area contributed by atoms with E-state index in [-0.39, 0.29) is 22.8 Å². The molecule has 0 aromatic carbocycles. The zero-order valence-corrected chi connectivity index (χ0v) is 12.8. The molecule has 0 aliphatic carbocycles. The molecule has 0 spiro atoms. The molecule has 7 nitrogen and oxygen atoms in total. The van der Waals surface area contributed by atoms with E-state index in [1.54, 1.807) is 20.8 Å². The number of nitriles is 1. The average Bonchev–Trinajstić information content (AvgIpc) is 2.37. The minimum atomic E-state index is -4.04. The maximum Gasteiger partial charge on any atom is 0.321 e. The number of aryl methyl sites for hydroxylation is 1. The molecule has 0 aliphatic rings. The van der Waals surface area contributed by atoms with E-state index in [1.807, 2.05) is 6.07 Å². The lowest BCUT2D eigenvalue weighted by atomic mass is 10.1. The predicted octanol–water partition coefficient (Wildman–Crippen LogP) is 1.04. The number of carboxylic acids is 1. The topological polar surface area (TPSA) is 120 Å². The number of aliphatic carboxylic acids is 1. The van der Waals surface area contributed by atoms with Gasteiger partial charge in [0.1, 0.15) is 17.0 Å². The number of hydrogen-bond donors (Lipinski definition) is 2. The molecule has 8 heteroatoms. The van der Waals surface area contributed by atoms with Crippen LogP contribution in [0.1, 0.15) is 31.5 Å². The van der Waals surface area contributed by atoms with Gasteiger partial charge in [0.2, 0.25) is 10.0 Å². The molecule has 1 aromatic rings. The van der Waals surface area contributed by atoms with E-state index in [0.717, 1.165) is 6.20 Å². The summed E-state index contributed by atoms with van der Waals surface area (Å²) < 4.78 is 26.5. The van der Waals surface area contributed by atoms with Gasteiger partial charge in [-0.3, -0.25) is 9.78 Å². The lowest BCUT2D eigenvalue weighted by Crippen LogP contribution is -2.41. The van der Waals surface area contributed by atoms with Gasteiger partial charge in [-0.15, -0.1) is 0 Å². The van der Waals surface area contributed by atoms with Crippen LogP contribution in [0, 0.1) is 24.2 Å². The summed E-state index contributed by atoms with van der Waals surface area (Å²) in [5.41, 5.74) is 0.544. The zero-order chi connectivity index (χ0) is 16.2. The molecule has 0 bridgehead atoms. The quantitative estimate of drug-likeness (QED) is 0.809. The smallest absolute Gasteiger partial charge is 0.321 e. The first-order valence-corrected chi connectivity index (χ1v) is 7.77. The predicted molar refractivity (Wildman–Crippen MR) is 74.9 cm³/mol. The summed E-state index contributed by atoms with van der Waals surface area (Å²) in [5, 5.41) is 18.0. The van der Waals surface area contributed by atoms with Crippen LogP contribution in [0.25, 0.3) is 0 Å². The molecule has 0 radical (unpaired) electrons. The standard InChI is InChI=1S/C13H17N3O4S/c1-8(2)4-12(13(17)18)16-21(19,20)11-5-10(6-14)9(3)15-7-11/h5,7-8,12,16H,4H2,1-3H3,(H,17,18)/t12-/m0/s1. The van der Waals surface area contributed by atoms with Crippen molar-refractivity contribution in [3.63, 3.8) is 0 Å². The van der Waals surface area contributed by atoms with Gasteiger partial charge in [-0.25, -0.2) is 8.42 Å². The van der Waals surface area contributed by atoms with Gasteiger partial charge in [0.15, 0.2) is 0 Å². The maximum atomic E-state index is 12.2. The summed E-state index contributed by atoms with van der Waals surface area (Å²) in [6, 6.07) is 1.80. The fraction of sp³-hybridized carbons (Fsp3) is 0.462. The van der Waals surface area contributed by atoms with Crippen LogP contribution in [0.15, 0.2) is 17.2 Å². The second-order valence-electron chi connectivity index (χ2n) is 5.06.